The highest BCUT2D eigenvalue weighted by atomic mass is 19.1. The number of hydrogen-bond donors (Lipinski definition) is 2. The number of aromatic amines is 1. The van der Waals surface area contributed by atoms with Crippen LogP contribution in [0.4, 0.5) is 14.9 Å². The number of amides is 2. The number of H-pyrrole nitrogens is 1. The van der Waals surface area contributed by atoms with Crippen LogP contribution in [0.25, 0.3) is 0 Å². The summed E-state index contributed by atoms with van der Waals surface area (Å²) in [4.78, 5) is 18.1. The first-order valence-electron chi connectivity index (χ1n) is 6.89. The van der Waals surface area contributed by atoms with Crippen LogP contribution in [0.15, 0.2) is 30.6 Å². The Balaban J connectivity index is 1.64. The molecule has 1 aliphatic heterocycles. The first-order chi connectivity index (χ1) is 10.2. The lowest BCUT2D eigenvalue weighted by Crippen LogP contribution is -2.41. The molecule has 0 aliphatic carbocycles. The van der Waals surface area contributed by atoms with Crippen LogP contribution < -0.4 is 5.32 Å². The van der Waals surface area contributed by atoms with Crippen molar-refractivity contribution in [3.63, 3.8) is 0 Å². The summed E-state index contributed by atoms with van der Waals surface area (Å²) in [5, 5.41) is 9.42. The number of hydrogen-bond acceptors (Lipinski definition) is 3. The van der Waals surface area contributed by atoms with Crippen LogP contribution in [0.3, 0.4) is 0 Å². The lowest BCUT2D eigenvalue weighted by molar-refractivity contribution is 0.191. The second kappa shape index (κ2) is 5.90. The van der Waals surface area contributed by atoms with Crippen molar-refractivity contribution in [3.05, 3.63) is 42.2 Å². The fourth-order valence-corrected chi connectivity index (χ4v) is 2.57. The molecule has 1 fully saturated rings. The number of nitrogens with zero attached hydrogens (tertiary/aromatic N) is 3. The molecular formula is C14H16FN5O. The summed E-state index contributed by atoms with van der Waals surface area (Å²) in [5.41, 5.74) is 0.460. The van der Waals surface area contributed by atoms with Crippen LogP contribution in [0.5, 0.6) is 0 Å². The maximum atomic E-state index is 13.1. The van der Waals surface area contributed by atoms with Crippen LogP contribution in [-0.4, -0.2) is 39.2 Å². The van der Waals surface area contributed by atoms with Crippen LogP contribution in [0.2, 0.25) is 0 Å². The number of nitrogens with one attached hydrogen (secondary N) is 2. The maximum Gasteiger partial charge on any atom is 0.321 e. The Morgan fingerprint density at radius 1 is 1.48 bits per heavy atom. The third-order valence-corrected chi connectivity index (χ3v) is 3.60. The number of halogens is 1. The van der Waals surface area contributed by atoms with Crippen molar-refractivity contribution >= 4 is 11.7 Å². The number of likely N-dealkylation sites (tertiary alicyclic amines) is 1. The molecule has 2 aromatic rings. The van der Waals surface area contributed by atoms with Gasteiger partial charge in [0.2, 0.25) is 0 Å². The Kier molecular flexibility index (Phi) is 3.81. The molecule has 2 N–H and O–H groups in total. The highest BCUT2D eigenvalue weighted by molar-refractivity contribution is 5.89. The van der Waals surface area contributed by atoms with E-state index < -0.39 is 0 Å². The molecule has 2 heterocycles. The van der Waals surface area contributed by atoms with Gasteiger partial charge in [0.15, 0.2) is 0 Å². The van der Waals surface area contributed by atoms with Gasteiger partial charge in [-0.3, -0.25) is 5.10 Å². The van der Waals surface area contributed by atoms with E-state index in [1.807, 2.05) is 0 Å². The van der Waals surface area contributed by atoms with Crippen molar-refractivity contribution in [2.45, 2.75) is 18.8 Å². The number of carbonyl (C=O) groups excluding carboxylic acids is 1. The molecule has 0 spiro atoms. The van der Waals surface area contributed by atoms with E-state index in [1.54, 1.807) is 17.0 Å². The average molecular weight is 289 g/mol. The number of anilines is 1. The second-order valence-electron chi connectivity index (χ2n) is 5.10. The average Bonchev–Trinajstić information content (AvgIpc) is 3.02. The first-order valence-corrected chi connectivity index (χ1v) is 6.89. The molecule has 110 valence electrons. The smallest absolute Gasteiger partial charge is 0.321 e. The lowest BCUT2D eigenvalue weighted by atomic mass is 9.98. The third kappa shape index (κ3) is 3.18. The molecule has 0 radical (unpaired) electrons. The number of piperidine rings is 1. The van der Waals surface area contributed by atoms with Crippen molar-refractivity contribution in [3.8, 4) is 0 Å². The van der Waals surface area contributed by atoms with Crippen LogP contribution >= 0.6 is 0 Å². The predicted octanol–water partition coefficient (Wildman–Crippen LogP) is 2.36. The molecule has 2 amide bonds. The summed E-state index contributed by atoms with van der Waals surface area (Å²) >= 11 is 0. The zero-order valence-electron chi connectivity index (χ0n) is 11.4. The minimum Gasteiger partial charge on any atom is -0.324 e. The van der Waals surface area contributed by atoms with Gasteiger partial charge < -0.3 is 10.2 Å². The van der Waals surface area contributed by atoms with Gasteiger partial charge in [-0.2, -0.15) is 5.10 Å². The lowest BCUT2D eigenvalue weighted by Gasteiger charge is -2.31. The molecule has 1 aliphatic rings. The van der Waals surface area contributed by atoms with Crippen LogP contribution in [0.1, 0.15) is 24.6 Å². The monoisotopic (exact) mass is 289 g/mol. The summed E-state index contributed by atoms with van der Waals surface area (Å²) in [7, 11) is 0. The normalized spacial score (nSPS) is 18.5. The molecule has 0 bridgehead atoms. The van der Waals surface area contributed by atoms with E-state index in [-0.39, 0.29) is 17.8 Å². The van der Waals surface area contributed by atoms with Crippen molar-refractivity contribution in [2.75, 3.05) is 18.4 Å². The molecule has 1 aromatic heterocycles. The molecule has 0 saturated carbocycles. The topological polar surface area (TPSA) is 73.9 Å². The number of rotatable bonds is 2. The van der Waals surface area contributed by atoms with Crippen molar-refractivity contribution in [1.29, 1.82) is 0 Å². The van der Waals surface area contributed by atoms with Gasteiger partial charge >= 0.3 is 6.03 Å². The minimum absolute atomic E-state index is 0.166. The van der Waals surface area contributed by atoms with Crippen molar-refractivity contribution in [1.82, 2.24) is 20.1 Å². The van der Waals surface area contributed by atoms with E-state index in [9.17, 15) is 9.18 Å². The van der Waals surface area contributed by atoms with E-state index in [2.05, 4.69) is 20.5 Å². The predicted molar refractivity (Wildman–Crippen MR) is 75.3 cm³/mol. The third-order valence-electron chi connectivity index (χ3n) is 3.60. The van der Waals surface area contributed by atoms with Gasteiger partial charge in [-0.15, -0.1) is 0 Å². The first kappa shape index (κ1) is 13.5. The standard InChI is InChI=1S/C14H16FN5O/c15-11-4-1-5-12(7-11)18-14(21)20-6-2-3-10(8-20)13-16-9-17-19-13/h1,4-5,7,9-10H,2-3,6,8H2,(H,18,21)(H,16,17,19). The van der Waals surface area contributed by atoms with Crippen molar-refractivity contribution in [2.24, 2.45) is 0 Å². The molecule has 1 atom stereocenters. The van der Waals surface area contributed by atoms with E-state index in [0.29, 0.717) is 18.8 Å². The molecule has 1 saturated heterocycles. The summed E-state index contributed by atoms with van der Waals surface area (Å²) in [6, 6.07) is 5.66. The number of carbonyl (C=O) groups is 1. The molecule has 21 heavy (non-hydrogen) atoms. The zero-order valence-corrected chi connectivity index (χ0v) is 11.4. The Hall–Kier alpha value is -2.44. The fourth-order valence-electron chi connectivity index (χ4n) is 2.57. The highest BCUT2D eigenvalue weighted by Gasteiger charge is 2.26. The minimum atomic E-state index is -0.369. The molecule has 6 nitrogen and oxygen atoms in total. The van der Waals surface area contributed by atoms with Crippen molar-refractivity contribution < 1.29 is 9.18 Å². The Labute approximate surface area is 121 Å². The summed E-state index contributed by atoms with van der Waals surface area (Å²) in [5.74, 6) is 0.601. The molecule has 1 unspecified atom stereocenters. The fraction of sp³-hybridized carbons (Fsp3) is 0.357. The highest BCUT2D eigenvalue weighted by Crippen LogP contribution is 2.24. The molecule has 7 heteroatoms. The number of benzene rings is 1. The summed E-state index contributed by atoms with van der Waals surface area (Å²) < 4.78 is 13.1. The largest absolute Gasteiger partial charge is 0.324 e. The van der Waals surface area contributed by atoms with Crippen LogP contribution in [0, 0.1) is 5.82 Å². The Morgan fingerprint density at radius 2 is 2.38 bits per heavy atom. The van der Waals surface area contributed by atoms with Gasteiger partial charge in [-0.05, 0) is 31.0 Å². The van der Waals surface area contributed by atoms with E-state index in [4.69, 9.17) is 0 Å². The van der Waals surface area contributed by atoms with Gasteiger partial charge in [0.25, 0.3) is 0 Å². The Bertz CT molecular complexity index is 616. The Morgan fingerprint density at radius 3 is 3.14 bits per heavy atom. The SMILES string of the molecule is O=C(Nc1cccc(F)c1)N1CCCC(c2ncn[nH]2)C1. The quantitative estimate of drug-likeness (QED) is 0.891. The number of urea groups is 1. The van der Waals surface area contributed by atoms with Crippen LogP contribution in [-0.2, 0) is 0 Å². The van der Waals surface area contributed by atoms with Gasteiger partial charge in [0.05, 0.1) is 0 Å². The number of aromatic nitrogens is 3. The van der Waals surface area contributed by atoms with Gasteiger partial charge in [-0.25, -0.2) is 14.2 Å². The maximum absolute atomic E-state index is 13.1. The van der Waals surface area contributed by atoms with E-state index in [1.165, 1.54) is 18.5 Å². The molecule has 1 aromatic carbocycles. The molecule has 3 rings (SSSR count). The van der Waals surface area contributed by atoms with E-state index >= 15 is 0 Å². The summed E-state index contributed by atoms with van der Waals surface area (Å²) in [6.07, 6.45) is 3.35. The summed E-state index contributed by atoms with van der Waals surface area (Å²) in [6.45, 7) is 1.27. The van der Waals surface area contributed by atoms with Gasteiger partial charge in [-0.1, -0.05) is 6.07 Å². The zero-order chi connectivity index (χ0) is 14.7. The van der Waals surface area contributed by atoms with Gasteiger partial charge in [0.1, 0.15) is 18.0 Å². The molecular weight excluding hydrogens is 273 g/mol. The van der Waals surface area contributed by atoms with Gasteiger partial charge in [0, 0.05) is 24.7 Å². The second-order valence-corrected chi connectivity index (χ2v) is 5.10. The van der Waals surface area contributed by atoms with E-state index in [0.717, 1.165) is 18.7 Å².